The molecular weight excluding hydrogens is 212 g/mol. The predicted molar refractivity (Wildman–Crippen MR) is 70.0 cm³/mol. The molecule has 0 amide bonds. The number of aryl methyl sites for hydroxylation is 1. The van der Waals surface area contributed by atoms with Crippen molar-refractivity contribution in [2.75, 3.05) is 12.3 Å². The second kappa shape index (κ2) is 4.87. The molecule has 0 bridgehead atoms. The fraction of sp³-hybridized carbons (Fsp3) is 0.214. The van der Waals surface area contributed by atoms with Crippen molar-refractivity contribution < 1.29 is 4.74 Å². The van der Waals surface area contributed by atoms with Gasteiger partial charge in [0.15, 0.2) is 0 Å². The van der Waals surface area contributed by atoms with E-state index in [0.29, 0.717) is 12.3 Å². The van der Waals surface area contributed by atoms with Crippen LogP contribution in [-0.2, 0) is 0 Å². The van der Waals surface area contributed by atoms with Crippen molar-refractivity contribution >= 4 is 5.69 Å². The first kappa shape index (κ1) is 11.5. The lowest BCUT2D eigenvalue weighted by Gasteiger charge is -2.11. The van der Waals surface area contributed by atoms with Crippen molar-refractivity contribution in [2.24, 2.45) is 0 Å². The first-order valence-electron chi connectivity index (χ1n) is 5.66. The summed E-state index contributed by atoms with van der Waals surface area (Å²) in [5.74, 6) is 0.818. The van der Waals surface area contributed by atoms with Crippen molar-refractivity contribution in [3.8, 4) is 17.0 Å². The van der Waals surface area contributed by atoms with Crippen LogP contribution in [0.2, 0.25) is 0 Å². The molecule has 0 saturated heterocycles. The smallest absolute Gasteiger partial charge is 0.128 e. The summed E-state index contributed by atoms with van der Waals surface area (Å²) in [5.41, 5.74) is 9.45. The SMILES string of the molecule is CCOc1ccccc1-c1ncc(C)cc1N. The van der Waals surface area contributed by atoms with Gasteiger partial charge in [0.2, 0.25) is 0 Å². The van der Waals surface area contributed by atoms with Gasteiger partial charge in [-0.15, -0.1) is 0 Å². The molecule has 3 heteroatoms. The van der Waals surface area contributed by atoms with Gasteiger partial charge < -0.3 is 10.5 Å². The van der Waals surface area contributed by atoms with E-state index in [9.17, 15) is 0 Å². The Hall–Kier alpha value is -2.03. The highest BCUT2D eigenvalue weighted by Gasteiger charge is 2.09. The number of nitrogens with two attached hydrogens (primary N) is 1. The minimum atomic E-state index is 0.628. The summed E-state index contributed by atoms with van der Waals surface area (Å²) < 4.78 is 5.58. The third-order valence-corrected chi connectivity index (χ3v) is 2.50. The van der Waals surface area contributed by atoms with Crippen LogP contribution in [0.25, 0.3) is 11.3 Å². The molecule has 0 aliphatic heterocycles. The minimum Gasteiger partial charge on any atom is -0.493 e. The Labute approximate surface area is 101 Å². The number of anilines is 1. The van der Waals surface area contributed by atoms with Crippen LogP contribution in [0.15, 0.2) is 36.5 Å². The Kier molecular flexibility index (Phi) is 3.28. The molecule has 0 spiro atoms. The molecule has 1 heterocycles. The highest BCUT2D eigenvalue weighted by Crippen LogP contribution is 2.32. The number of hydrogen-bond acceptors (Lipinski definition) is 3. The average molecular weight is 228 g/mol. The van der Waals surface area contributed by atoms with Gasteiger partial charge in [-0.1, -0.05) is 12.1 Å². The van der Waals surface area contributed by atoms with Gasteiger partial charge in [0.05, 0.1) is 18.0 Å². The second-order valence-electron chi connectivity index (χ2n) is 3.88. The van der Waals surface area contributed by atoms with Crippen LogP contribution in [0.3, 0.4) is 0 Å². The molecule has 0 unspecified atom stereocenters. The van der Waals surface area contributed by atoms with Gasteiger partial charge >= 0.3 is 0 Å². The molecule has 0 aliphatic carbocycles. The first-order valence-corrected chi connectivity index (χ1v) is 5.66. The zero-order valence-electron chi connectivity index (χ0n) is 10.1. The van der Waals surface area contributed by atoms with Crippen molar-refractivity contribution in [1.29, 1.82) is 0 Å². The zero-order valence-corrected chi connectivity index (χ0v) is 10.1. The van der Waals surface area contributed by atoms with Crippen LogP contribution in [0.1, 0.15) is 12.5 Å². The normalized spacial score (nSPS) is 10.2. The van der Waals surface area contributed by atoms with Crippen molar-refractivity contribution in [2.45, 2.75) is 13.8 Å². The molecule has 3 nitrogen and oxygen atoms in total. The van der Waals surface area contributed by atoms with E-state index < -0.39 is 0 Å². The molecule has 2 rings (SSSR count). The van der Waals surface area contributed by atoms with E-state index in [4.69, 9.17) is 10.5 Å². The van der Waals surface area contributed by atoms with Gasteiger partial charge in [0, 0.05) is 11.8 Å². The summed E-state index contributed by atoms with van der Waals surface area (Å²) in [4.78, 5) is 4.39. The predicted octanol–water partition coefficient (Wildman–Crippen LogP) is 3.04. The Balaban J connectivity index is 2.52. The maximum Gasteiger partial charge on any atom is 0.128 e. The number of para-hydroxylation sites is 1. The number of rotatable bonds is 3. The average Bonchev–Trinajstić information content (AvgIpc) is 2.31. The lowest BCUT2D eigenvalue weighted by molar-refractivity contribution is 0.341. The molecular formula is C14H16N2O. The lowest BCUT2D eigenvalue weighted by Crippen LogP contribution is -1.98. The molecule has 17 heavy (non-hydrogen) atoms. The number of nitrogens with zero attached hydrogens (tertiary/aromatic N) is 1. The van der Waals surface area contributed by atoms with Gasteiger partial charge in [-0.05, 0) is 37.6 Å². The van der Waals surface area contributed by atoms with Crippen molar-refractivity contribution in [3.05, 3.63) is 42.1 Å². The highest BCUT2D eigenvalue weighted by molar-refractivity contribution is 5.77. The molecule has 0 aliphatic rings. The van der Waals surface area contributed by atoms with E-state index >= 15 is 0 Å². The number of nitrogen functional groups attached to an aromatic ring is 1. The summed E-state index contributed by atoms with van der Waals surface area (Å²) >= 11 is 0. The van der Waals surface area contributed by atoms with Gasteiger partial charge in [-0.2, -0.15) is 0 Å². The third kappa shape index (κ3) is 2.38. The number of benzene rings is 1. The summed E-state index contributed by atoms with van der Waals surface area (Å²) in [6, 6.07) is 9.72. The largest absolute Gasteiger partial charge is 0.493 e. The Morgan fingerprint density at radius 3 is 2.76 bits per heavy atom. The third-order valence-electron chi connectivity index (χ3n) is 2.50. The molecule has 1 aromatic heterocycles. The maximum atomic E-state index is 6.00. The Morgan fingerprint density at radius 1 is 1.29 bits per heavy atom. The van der Waals surface area contributed by atoms with E-state index in [1.807, 2.05) is 50.4 Å². The second-order valence-corrected chi connectivity index (χ2v) is 3.88. The Morgan fingerprint density at radius 2 is 2.06 bits per heavy atom. The molecule has 1 aromatic carbocycles. The zero-order chi connectivity index (χ0) is 12.3. The van der Waals surface area contributed by atoms with Gasteiger partial charge in [-0.3, -0.25) is 4.98 Å². The fourth-order valence-corrected chi connectivity index (χ4v) is 1.76. The maximum absolute atomic E-state index is 6.00. The van der Waals surface area contributed by atoms with Crippen molar-refractivity contribution in [3.63, 3.8) is 0 Å². The fourth-order valence-electron chi connectivity index (χ4n) is 1.76. The van der Waals surface area contributed by atoms with E-state index in [1.165, 1.54) is 0 Å². The van der Waals surface area contributed by atoms with Crippen LogP contribution in [0, 0.1) is 6.92 Å². The summed E-state index contributed by atoms with van der Waals surface area (Å²) in [5, 5.41) is 0. The van der Waals surface area contributed by atoms with E-state index in [0.717, 1.165) is 22.6 Å². The number of aromatic nitrogens is 1. The first-order chi connectivity index (χ1) is 8.22. The Bertz CT molecular complexity index is 523. The molecule has 0 fully saturated rings. The summed E-state index contributed by atoms with van der Waals surface area (Å²) in [6.07, 6.45) is 1.81. The monoisotopic (exact) mass is 228 g/mol. The lowest BCUT2D eigenvalue weighted by atomic mass is 10.1. The van der Waals surface area contributed by atoms with Gasteiger partial charge in [0.1, 0.15) is 5.75 Å². The summed E-state index contributed by atoms with van der Waals surface area (Å²) in [6.45, 7) is 4.56. The van der Waals surface area contributed by atoms with Crippen LogP contribution in [0.4, 0.5) is 5.69 Å². The molecule has 0 atom stereocenters. The van der Waals surface area contributed by atoms with Crippen LogP contribution < -0.4 is 10.5 Å². The van der Waals surface area contributed by atoms with Crippen LogP contribution in [0.5, 0.6) is 5.75 Å². The number of ether oxygens (including phenoxy) is 1. The van der Waals surface area contributed by atoms with Gasteiger partial charge in [0.25, 0.3) is 0 Å². The highest BCUT2D eigenvalue weighted by atomic mass is 16.5. The summed E-state index contributed by atoms with van der Waals surface area (Å²) in [7, 11) is 0. The van der Waals surface area contributed by atoms with Crippen LogP contribution >= 0.6 is 0 Å². The number of pyridine rings is 1. The van der Waals surface area contributed by atoms with E-state index in [1.54, 1.807) is 0 Å². The van der Waals surface area contributed by atoms with E-state index in [2.05, 4.69) is 4.98 Å². The minimum absolute atomic E-state index is 0.628. The molecule has 0 radical (unpaired) electrons. The van der Waals surface area contributed by atoms with Crippen molar-refractivity contribution in [1.82, 2.24) is 4.98 Å². The standard InChI is InChI=1S/C14H16N2O/c1-3-17-13-7-5-4-6-11(13)14-12(15)8-10(2)9-16-14/h4-9H,3,15H2,1-2H3. The van der Waals surface area contributed by atoms with E-state index in [-0.39, 0.29) is 0 Å². The molecule has 88 valence electrons. The van der Waals surface area contributed by atoms with Gasteiger partial charge in [-0.25, -0.2) is 0 Å². The molecule has 2 aromatic rings. The van der Waals surface area contributed by atoms with Crippen LogP contribution in [-0.4, -0.2) is 11.6 Å². The molecule has 0 saturated carbocycles. The topological polar surface area (TPSA) is 48.1 Å². The molecule has 2 N–H and O–H groups in total. The number of hydrogen-bond donors (Lipinski definition) is 1. The quantitative estimate of drug-likeness (QED) is 0.878.